The highest BCUT2D eigenvalue weighted by Crippen LogP contribution is 2.11. The molecule has 0 saturated carbocycles. The summed E-state index contributed by atoms with van der Waals surface area (Å²) < 4.78 is 38.9. The summed E-state index contributed by atoms with van der Waals surface area (Å²) in [5.41, 5.74) is 0. The Morgan fingerprint density at radius 2 is 1.81 bits per heavy atom. The minimum absolute atomic E-state index is 0. The number of methoxy groups -OCH3 is 2. The van der Waals surface area contributed by atoms with Crippen LogP contribution >= 0.6 is 12.4 Å². The topological polar surface area (TPSA) is 79.9 Å². The number of hydrogen-bond acceptors (Lipinski definition) is 5. The quantitative estimate of drug-likeness (QED) is 0.614. The van der Waals surface area contributed by atoms with Gasteiger partial charge in [-0.2, -0.15) is 17.4 Å². The smallest absolute Gasteiger partial charge is 0.279 e. The molecule has 0 spiro atoms. The molecule has 7 nitrogen and oxygen atoms in total. The van der Waals surface area contributed by atoms with Crippen molar-refractivity contribution in [2.75, 3.05) is 47.1 Å². The van der Waals surface area contributed by atoms with E-state index >= 15 is 0 Å². The maximum Gasteiger partial charge on any atom is 0.279 e. The molecule has 1 heterocycles. The molecule has 0 aliphatic carbocycles. The first kappa shape index (κ1) is 21.0. The Labute approximate surface area is 134 Å². The first-order valence-electron chi connectivity index (χ1n) is 6.98. The fourth-order valence-electron chi connectivity index (χ4n) is 2.26. The van der Waals surface area contributed by atoms with E-state index in [2.05, 4.69) is 17.0 Å². The average molecular weight is 346 g/mol. The van der Waals surface area contributed by atoms with Crippen molar-refractivity contribution < 1.29 is 17.9 Å². The highest BCUT2D eigenvalue weighted by Gasteiger charge is 2.27. The lowest BCUT2D eigenvalue weighted by atomic mass is 10.0. The molecule has 0 aromatic heterocycles. The van der Waals surface area contributed by atoms with Crippen LogP contribution in [0.3, 0.4) is 0 Å². The molecule has 1 rings (SSSR count). The summed E-state index contributed by atoms with van der Waals surface area (Å²) in [5.74, 6) is 0. The Kier molecular flexibility index (Phi) is 10.7. The molecule has 2 atom stereocenters. The second-order valence-corrected chi connectivity index (χ2v) is 6.79. The highest BCUT2D eigenvalue weighted by atomic mass is 35.5. The molecule has 1 aliphatic heterocycles. The fourth-order valence-corrected chi connectivity index (χ4v) is 3.68. The molecule has 21 heavy (non-hydrogen) atoms. The van der Waals surface area contributed by atoms with Crippen molar-refractivity contribution in [3.63, 3.8) is 0 Å². The molecule has 1 aliphatic rings. The number of ether oxygens (including phenoxy) is 2. The van der Waals surface area contributed by atoms with Crippen LogP contribution in [0.5, 0.6) is 0 Å². The largest absolute Gasteiger partial charge is 0.383 e. The summed E-state index contributed by atoms with van der Waals surface area (Å²) >= 11 is 0. The predicted octanol–water partition coefficient (Wildman–Crippen LogP) is -0.0221. The Bertz CT molecular complexity index is 362. The summed E-state index contributed by atoms with van der Waals surface area (Å²) in [5, 5.41) is 3.31. The average Bonchev–Trinajstić information content (AvgIpc) is 2.38. The van der Waals surface area contributed by atoms with E-state index < -0.39 is 10.2 Å². The van der Waals surface area contributed by atoms with Crippen molar-refractivity contribution in [3.05, 3.63) is 0 Å². The molecule has 9 heteroatoms. The molecule has 2 N–H and O–H groups in total. The molecular formula is C12H28ClN3O4S. The van der Waals surface area contributed by atoms with E-state index in [4.69, 9.17) is 9.47 Å². The van der Waals surface area contributed by atoms with Gasteiger partial charge in [-0.1, -0.05) is 0 Å². The van der Waals surface area contributed by atoms with Gasteiger partial charge in [-0.05, 0) is 26.3 Å². The molecule has 0 amide bonds. The number of halogens is 1. The van der Waals surface area contributed by atoms with Crippen LogP contribution < -0.4 is 10.0 Å². The maximum atomic E-state index is 12.4. The van der Waals surface area contributed by atoms with Crippen LogP contribution in [0.2, 0.25) is 0 Å². The van der Waals surface area contributed by atoms with Crippen LogP contribution in [0.4, 0.5) is 0 Å². The predicted molar refractivity (Wildman–Crippen MR) is 85.1 cm³/mol. The van der Waals surface area contributed by atoms with E-state index in [1.807, 2.05) is 0 Å². The van der Waals surface area contributed by atoms with Gasteiger partial charge < -0.3 is 14.8 Å². The Morgan fingerprint density at radius 3 is 2.29 bits per heavy atom. The lowest BCUT2D eigenvalue weighted by Crippen LogP contribution is -2.51. The van der Waals surface area contributed by atoms with Gasteiger partial charge in [0.15, 0.2) is 0 Å². The van der Waals surface area contributed by atoms with Crippen molar-refractivity contribution >= 4 is 22.6 Å². The van der Waals surface area contributed by atoms with E-state index in [0.717, 1.165) is 19.4 Å². The first-order valence-corrected chi connectivity index (χ1v) is 8.42. The molecule has 128 valence electrons. The maximum absolute atomic E-state index is 12.4. The highest BCUT2D eigenvalue weighted by molar-refractivity contribution is 7.87. The van der Waals surface area contributed by atoms with Crippen molar-refractivity contribution in [2.45, 2.75) is 31.8 Å². The molecule has 0 aromatic carbocycles. The minimum atomic E-state index is -3.49. The second kappa shape index (κ2) is 10.7. The van der Waals surface area contributed by atoms with Gasteiger partial charge in [0.2, 0.25) is 0 Å². The van der Waals surface area contributed by atoms with Gasteiger partial charge >= 0.3 is 0 Å². The van der Waals surface area contributed by atoms with Gasteiger partial charge in [0.25, 0.3) is 10.2 Å². The normalized spacial score (nSPS) is 23.0. The van der Waals surface area contributed by atoms with Crippen LogP contribution in [0.25, 0.3) is 0 Å². The number of nitrogens with one attached hydrogen (secondary N) is 2. The first-order chi connectivity index (χ1) is 9.49. The van der Waals surface area contributed by atoms with E-state index in [9.17, 15) is 8.42 Å². The number of hydrogen-bond donors (Lipinski definition) is 2. The molecule has 0 bridgehead atoms. The Balaban J connectivity index is 0.00000400. The van der Waals surface area contributed by atoms with Crippen LogP contribution in [0.1, 0.15) is 19.8 Å². The van der Waals surface area contributed by atoms with Crippen molar-refractivity contribution in [2.24, 2.45) is 0 Å². The summed E-state index contributed by atoms with van der Waals surface area (Å²) in [6.45, 7) is 4.30. The third-order valence-corrected chi connectivity index (χ3v) is 5.04. The van der Waals surface area contributed by atoms with Crippen molar-refractivity contribution in [3.8, 4) is 0 Å². The zero-order chi connectivity index (χ0) is 15.0. The Morgan fingerprint density at radius 1 is 1.24 bits per heavy atom. The zero-order valence-corrected chi connectivity index (χ0v) is 14.6. The van der Waals surface area contributed by atoms with Crippen LogP contribution in [0.15, 0.2) is 0 Å². The summed E-state index contributed by atoms with van der Waals surface area (Å²) in [4.78, 5) is 0. The monoisotopic (exact) mass is 345 g/mol. The van der Waals surface area contributed by atoms with Crippen LogP contribution in [-0.2, 0) is 19.7 Å². The van der Waals surface area contributed by atoms with Crippen molar-refractivity contribution in [1.82, 2.24) is 14.3 Å². The van der Waals surface area contributed by atoms with Gasteiger partial charge in [0.05, 0.1) is 13.2 Å². The van der Waals surface area contributed by atoms with E-state index in [1.165, 1.54) is 4.31 Å². The molecule has 0 radical (unpaired) electrons. The lowest BCUT2D eigenvalue weighted by Gasteiger charge is -2.31. The Hall–Kier alpha value is 0.0400. The van der Waals surface area contributed by atoms with Gasteiger partial charge in [0, 0.05) is 39.4 Å². The standard InChI is InChI=1S/C12H27N3O4S.ClH/c1-11-10-12(4-5-13-11)14-20(16,17)15(6-8-18-2)7-9-19-3;/h11-14H,4-10H2,1-3H3;1H. The lowest BCUT2D eigenvalue weighted by molar-refractivity contribution is 0.149. The van der Waals surface area contributed by atoms with Gasteiger partial charge in [0.1, 0.15) is 0 Å². The number of piperidine rings is 1. The van der Waals surface area contributed by atoms with Gasteiger partial charge in [-0.3, -0.25) is 0 Å². The third kappa shape index (κ3) is 7.73. The number of rotatable bonds is 9. The van der Waals surface area contributed by atoms with Crippen LogP contribution in [-0.4, -0.2) is 71.9 Å². The molecule has 0 aromatic rings. The molecule has 1 saturated heterocycles. The number of nitrogens with zero attached hydrogens (tertiary/aromatic N) is 1. The minimum Gasteiger partial charge on any atom is -0.383 e. The van der Waals surface area contributed by atoms with E-state index in [0.29, 0.717) is 32.3 Å². The summed E-state index contributed by atoms with van der Waals surface area (Å²) in [7, 11) is -0.377. The third-order valence-electron chi connectivity index (χ3n) is 3.37. The fraction of sp³-hybridized carbons (Fsp3) is 1.00. The molecule has 2 unspecified atom stereocenters. The summed E-state index contributed by atoms with van der Waals surface area (Å²) in [6.07, 6.45) is 1.62. The van der Waals surface area contributed by atoms with Crippen LogP contribution in [0, 0.1) is 0 Å². The van der Waals surface area contributed by atoms with E-state index in [-0.39, 0.29) is 18.4 Å². The van der Waals surface area contributed by atoms with Crippen molar-refractivity contribution in [1.29, 1.82) is 0 Å². The van der Waals surface area contributed by atoms with Gasteiger partial charge in [-0.25, -0.2) is 0 Å². The second-order valence-electron chi connectivity index (χ2n) is 5.08. The molecular weight excluding hydrogens is 318 g/mol. The SMILES string of the molecule is COCCN(CCOC)S(=O)(=O)NC1CCNC(C)C1.Cl. The zero-order valence-electron chi connectivity index (χ0n) is 13.0. The molecule has 1 fully saturated rings. The van der Waals surface area contributed by atoms with Gasteiger partial charge in [-0.15, -0.1) is 12.4 Å². The van der Waals surface area contributed by atoms with E-state index in [1.54, 1.807) is 14.2 Å². The summed E-state index contributed by atoms with van der Waals surface area (Å²) in [6, 6.07) is 0.326.